The van der Waals surface area contributed by atoms with Gasteiger partial charge in [-0.05, 0) is 18.2 Å². The number of hydrogen-bond acceptors (Lipinski definition) is 5. The number of amides is 1. The molecule has 0 aromatic carbocycles. The van der Waals surface area contributed by atoms with E-state index in [4.69, 9.17) is 8.94 Å². The van der Waals surface area contributed by atoms with E-state index in [1.807, 2.05) is 0 Å². The smallest absolute Gasteiger partial charge is 0.293 e. The fourth-order valence-electron chi connectivity index (χ4n) is 1.06. The largest absolute Gasteiger partial charge is 0.459 e. The lowest BCUT2D eigenvalue weighted by Gasteiger charge is -1.94. The molecule has 2 rings (SSSR count). The second kappa shape index (κ2) is 4.43. The Kier molecular flexibility index (Phi) is 2.81. The predicted molar refractivity (Wildman–Crippen MR) is 54.0 cm³/mol. The highest BCUT2D eigenvalue weighted by Gasteiger charge is 2.10. The van der Waals surface area contributed by atoms with Crippen LogP contribution >= 0.6 is 0 Å². The minimum atomic E-state index is -0.288. The summed E-state index contributed by atoms with van der Waals surface area (Å²) >= 11 is 0. The molecule has 0 fully saturated rings. The van der Waals surface area contributed by atoms with Gasteiger partial charge in [-0.1, -0.05) is 11.7 Å². The first-order chi connectivity index (χ1) is 7.79. The first-order valence-corrected chi connectivity index (χ1v) is 4.56. The van der Waals surface area contributed by atoms with Crippen LogP contribution in [0.5, 0.6) is 0 Å². The quantitative estimate of drug-likeness (QED) is 0.779. The molecular weight excluding hydrogens is 210 g/mol. The van der Waals surface area contributed by atoms with Gasteiger partial charge in [-0.3, -0.25) is 4.79 Å². The molecule has 2 heterocycles. The van der Waals surface area contributed by atoms with Crippen LogP contribution in [0.15, 0.2) is 40.0 Å². The van der Waals surface area contributed by atoms with E-state index in [1.54, 1.807) is 12.1 Å². The molecule has 1 N–H and O–H groups in total. The molecule has 0 aliphatic heterocycles. The first kappa shape index (κ1) is 10.2. The summed E-state index contributed by atoms with van der Waals surface area (Å²) in [6.45, 7) is 3.52. The van der Waals surface area contributed by atoms with Crippen LogP contribution in [0.25, 0.3) is 11.7 Å². The topological polar surface area (TPSA) is 81.2 Å². The molecule has 2 aromatic heterocycles. The zero-order valence-electron chi connectivity index (χ0n) is 8.34. The number of carbonyl (C=O) groups is 1. The molecule has 0 saturated carbocycles. The van der Waals surface area contributed by atoms with E-state index >= 15 is 0 Å². The van der Waals surface area contributed by atoms with Gasteiger partial charge in [-0.25, -0.2) is 0 Å². The third-order valence-electron chi connectivity index (χ3n) is 1.81. The van der Waals surface area contributed by atoms with E-state index in [-0.39, 0.29) is 18.3 Å². The molecule has 0 aliphatic carbocycles. The van der Waals surface area contributed by atoms with Gasteiger partial charge in [0.25, 0.3) is 5.89 Å². The van der Waals surface area contributed by atoms with Crippen LogP contribution in [0.1, 0.15) is 5.82 Å². The second-order valence-electron chi connectivity index (χ2n) is 2.91. The van der Waals surface area contributed by atoms with Crippen molar-refractivity contribution in [3.8, 4) is 11.7 Å². The van der Waals surface area contributed by atoms with Gasteiger partial charge >= 0.3 is 0 Å². The molecule has 0 saturated heterocycles. The summed E-state index contributed by atoms with van der Waals surface area (Å²) in [5, 5.41) is 6.22. The highest BCUT2D eigenvalue weighted by molar-refractivity contribution is 5.86. The normalized spacial score (nSPS) is 10.0. The monoisotopic (exact) mass is 219 g/mol. The fraction of sp³-hybridized carbons (Fsp3) is 0.100. The Morgan fingerprint density at radius 3 is 3.19 bits per heavy atom. The van der Waals surface area contributed by atoms with E-state index in [0.29, 0.717) is 11.6 Å². The Bertz CT molecular complexity index is 487. The van der Waals surface area contributed by atoms with Gasteiger partial charge in [-0.2, -0.15) is 4.98 Å². The molecule has 0 spiro atoms. The van der Waals surface area contributed by atoms with Crippen LogP contribution in [-0.4, -0.2) is 16.0 Å². The number of hydrogen-bond donors (Lipinski definition) is 1. The Morgan fingerprint density at radius 2 is 2.50 bits per heavy atom. The number of rotatable bonds is 4. The summed E-state index contributed by atoms with van der Waals surface area (Å²) in [6, 6.07) is 3.43. The predicted octanol–water partition coefficient (Wildman–Crippen LogP) is 1.13. The minimum absolute atomic E-state index is 0.190. The molecule has 0 unspecified atom stereocenters. The molecule has 0 radical (unpaired) electrons. The summed E-state index contributed by atoms with van der Waals surface area (Å²) in [7, 11) is 0. The lowest BCUT2D eigenvalue weighted by atomic mass is 10.4. The van der Waals surface area contributed by atoms with Crippen molar-refractivity contribution in [2.24, 2.45) is 0 Å². The van der Waals surface area contributed by atoms with E-state index in [9.17, 15) is 4.79 Å². The molecule has 6 nitrogen and oxygen atoms in total. The zero-order valence-corrected chi connectivity index (χ0v) is 8.34. The maximum atomic E-state index is 10.9. The molecule has 0 aliphatic rings. The van der Waals surface area contributed by atoms with Crippen molar-refractivity contribution < 1.29 is 13.7 Å². The molecule has 2 aromatic rings. The van der Waals surface area contributed by atoms with Crippen molar-refractivity contribution in [2.75, 3.05) is 0 Å². The second-order valence-corrected chi connectivity index (χ2v) is 2.91. The Morgan fingerprint density at radius 1 is 1.62 bits per heavy atom. The van der Waals surface area contributed by atoms with Crippen LogP contribution < -0.4 is 5.32 Å². The number of nitrogens with one attached hydrogen (secondary N) is 1. The van der Waals surface area contributed by atoms with Gasteiger partial charge < -0.3 is 14.3 Å². The molecule has 0 atom stereocenters. The molecule has 0 bridgehead atoms. The SMILES string of the molecule is C=CC(=O)NCc1noc(-c2ccco2)n1. The maximum absolute atomic E-state index is 10.9. The van der Waals surface area contributed by atoms with Gasteiger partial charge in [0.2, 0.25) is 5.91 Å². The van der Waals surface area contributed by atoms with E-state index in [2.05, 4.69) is 22.0 Å². The average Bonchev–Trinajstić information content (AvgIpc) is 2.95. The van der Waals surface area contributed by atoms with Gasteiger partial charge in [0.15, 0.2) is 11.6 Å². The highest BCUT2D eigenvalue weighted by atomic mass is 16.5. The first-order valence-electron chi connectivity index (χ1n) is 4.56. The van der Waals surface area contributed by atoms with Gasteiger partial charge in [0, 0.05) is 0 Å². The number of aromatic nitrogens is 2. The summed E-state index contributed by atoms with van der Waals surface area (Å²) in [4.78, 5) is 14.9. The summed E-state index contributed by atoms with van der Waals surface area (Å²) in [6.07, 6.45) is 2.69. The maximum Gasteiger partial charge on any atom is 0.293 e. The van der Waals surface area contributed by atoms with Crippen molar-refractivity contribution in [3.63, 3.8) is 0 Å². The Labute approximate surface area is 90.9 Å². The average molecular weight is 219 g/mol. The van der Waals surface area contributed by atoms with Gasteiger partial charge in [0.1, 0.15) is 0 Å². The summed E-state index contributed by atoms with van der Waals surface area (Å²) < 4.78 is 10.0. The van der Waals surface area contributed by atoms with Crippen LogP contribution in [0, 0.1) is 0 Å². The lowest BCUT2D eigenvalue weighted by Crippen LogP contribution is -2.20. The van der Waals surface area contributed by atoms with E-state index in [1.165, 1.54) is 12.3 Å². The van der Waals surface area contributed by atoms with Crippen molar-refractivity contribution >= 4 is 5.91 Å². The summed E-state index contributed by atoms with van der Waals surface area (Å²) in [5.74, 6) is 0.868. The highest BCUT2D eigenvalue weighted by Crippen LogP contribution is 2.16. The lowest BCUT2D eigenvalue weighted by molar-refractivity contribution is -0.116. The molecule has 82 valence electrons. The van der Waals surface area contributed by atoms with Gasteiger partial charge in [0.05, 0.1) is 12.8 Å². The van der Waals surface area contributed by atoms with Crippen molar-refractivity contribution in [3.05, 3.63) is 36.9 Å². The summed E-state index contributed by atoms with van der Waals surface area (Å²) in [5.41, 5.74) is 0. The van der Waals surface area contributed by atoms with E-state index < -0.39 is 0 Å². The number of furan rings is 1. The van der Waals surface area contributed by atoms with Crippen LogP contribution in [-0.2, 0) is 11.3 Å². The third kappa shape index (κ3) is 2.17. The fourth-order valence-corrected chi connectivity index (χ4v) is 1.06. The van der Waals surface area contributed by atoms with Crippen LogP contribution in [0.3, 0.4) is 0 Å². The third-order valence-corrected chi connectivity index (χ3v) is 1.81. The van der Waals surface area contributed by atoms with E-state index in [0.717, 1.165) is 0 Å². The number of nitrogens with zero attached hydrogens (tertiary/aromatic N) is 2. The number of carbonyl (C=O) groups excluding carboxylic acids is 1. The van der Waals surface area contributed by atoms with Crippen LogP contribution in [0.2, 0.25) is 0 Å². The van der Waals surface area contributed by atoms with Gasteiger partial charge in [-0.15, -0.1) is 0 Å². The van der Waals surface area contributed by atoms with Crippen LogP contribution in [0.4, 0.5) is 0 Å². The molecule has 16 heavy (non-hydrogen) atoms. The standard InChI is InChI=1S/C10H9N3O3/c1-2-9(14)11-6-8-12-10(16-13-8)7-4-3-5-15-7/h2-5H,1,6H2,(H,11,14). The Balaban J connectivity index is 2.03. The Hall–Kier alpha value is -2.37. The molecule has 1 amide bonds. The molecular formula is C10H9N3O3. The van der Waals surface area contributed by atoms with Crippen molar-refractivity contribution in [2.45, 2.75) is 6.54 Å². The van der Waals surface area contributed by atoms with Crippen molar-refractivity contribution in [1.29, 1.82) is 0 Å². The molecule has 6 heteroatoms. The van der Waals surface area contributed by atoms with Crippen molar-refractivity contribution in [1.82, 2.24) is 15.5 Å². The zero-order chi connectivity index (χ0) is 11.4. The minimum Gasteiger partial charge on any atom is -0.459 e.